The predicted octanol–water partition coefficient (Wildman–Crippen LogP) is 7.94. The van der Waals surface area contributed by atoms with E-state index in [1.54, 1.807) is 49.4 Å². The van der Waals surface area contributed by atoms with Crippen molar-refractivity contribution in [1.29, 1.82) is 0 Å². The van der Waals surface area contributed by atoms with Gasteiger partial charge in [-0.1, -0.05) is 64.9 Å². The van der Waals surface area contributed by atoms with E-state index in [2.05, 4.69) is 15.5 Å². The molecule has 0 radical (unpaired) electrons. The number of anilines is 2. The predicted molar refractivity (Wildman–Crippen MR) is 141 cm³/mol. The number of rotatable bonds is 9. The molecule has 0 bridgehead atoms. The van der Waals surface area contributed by atoms with E-state index in [0.29, 0.717) is 37.0 Å². The summed E-state index contributed by atoms with van der Waals surface area (Å²) in [6, 6.07) is 16.8. The van der Waals surface area contributed by atoms with Gasteiger partial charge in [-0.3, -0.25) is 0 Å². The summed E-state index contributed by atoms with van der Waals surface area (Å²) in [5, 5.41) is 13.4. The van der Waals surface area contributed by atoms with Gasteiger partial charge in [-0.2, -0.15) is 13.2 Å². The van der Waals surface area contributed by atoms with Crippen LogP contribution in [0.2, 0.25) is 10.0 Å². The summed E-state index contributed by atoms with van der Waals surface area (Å²) in [5.41, 5.74) is 1.28. The molecule has 0 spiro atoms. The molecule has 0 saturated carbocycles. The van der Waals surface area contributed by atoms with Crippen LogP contribution in [0.15, 0.2) is 66.7 Å². The van der Waals surface area contributed by atoms with E-state index >= 15 is 0 Å². The van der Waals surface area contributed by atoms with Crippen molar-refractivity contribution < 1.29 is 27.4 Å². The van der Waals surface area contributed by atoms with Crippen molar-refractivity contribution in [3.05, 3.63) is 93.5 Å². The standard InChI is InChI=1S/C26H20Cl2F3N3O3S/c1-2-36-22(35)14-37-23(16-6-4-8-18(12-16)26(29,30)31)15-5-3-7-17(11-15)24-33-34-25(38-24)32-19-9-10-20(27)21(28)13-19/h3-13,23H,2,14H2,1H3,(H,32,34). The fourth-order valence-corrected chi connectivity index (χ4v) is 4.60. The van der Waals surface area contributed by atoms with Gasteiger partial charge >= 0.3 is 12.1 Å². The molecule has 0 aliphatic heterocycles. The van der Waals surface area contributed by atoms with Gasteiger partial charge in [0.1, 0.15) is 17.7 Å². The number of hydrogen-bond acceptors (Lipinski definition) is 7. The third kappa shape index (κ3) is 7.02. The van der Waals surface area contributed by atoms with Crippen molar-refractivity contribution in [3.8, 4) is 10.6 Å². The first-order valence-electron chi connectivity index (χ1n) is 11.2. The molecule has 4 rings (SSSR count). The lowest BCUT2D eigenvalue weighted by Crippen LogP contribution is -2.17. The first-order valence-corrected chi connectivity index (χ1v) is 12.8. The molecular formula is C26H20Cl2F3N3O3S. The van der Waals surface area contributed by atoms with Crippen LogP contribution in [0, 0.1) is 0 Å². The van der Waals surface area contributed by atoms with Gasteiger partial charge in [0.15, 0.2) is 0 Å². The number of ether oxygens (including phenoxy) is 2. The van der Waals surface area contributed by atoms with Gasteiger partial charge in [-0.15, -0.1) is 10.2 Å². The second-order valence-electron chi connectivity index (χ2n) is 7.91. The number of halogens is 5. The van der Waals surface area contributed by atoms with Crippen molar-refractivity contribution >= 4 is 51.3 Å². The number of esters is 1. The molecule has 4 aromatic rings. The lowest BCUT2D eigenvalue weighted by Gasteiger charge is -2.20. The maximum Gasteiger partial charge on any atom is 0.416 e. The number of aromatic nitrogens is 2. The van der Waals surface area contributed by atoms with Crippen LogP contribution in [-0.2, 0) is 20.4 Å². The molecule has 6 nitrogen and oxygen atoms in total. The average Bonchev–Trinajstić information content (AvgIpc) is 3.35. The van der Waals surface area contributed by atoms with Crippen LogP contribution in [0.5, 0.6) is 0 Å². The Bertz CT molecular complexity index is 1430. The van der Waals surface area contributed by atoms with Crippen LogP contribution >= 0.6 is 34.5 Å². The van der Waals surface area contributed by atoms with Gasteiger partial charge in [-0.05, 0) is 54.4 Å². The number of nitrogens with one attached hydrogen (secondary N) is 1. The Kier molecular flexibility index (Phi) is 8.88. The molecule has 0 aliphatic rings. The van der Waals surface area contributed by atoms with E-state index in [-0.39, 0.29) is 12.2 Å². The van der Waals surface area contributed by atoms with Gasteiger partial charge in [0.25, 0.3) is 0 Å². The number of alkyl halides is 3. The fraction of sp³-hybridized carbons (Fsp3) is 0.192. The van der Waals surface area contributed by atoms with E-state index in [1.807, 2.05) is 0 Å². The summed E-state index contributed by atoms with van der Waals surface area (Å²) in [6.07, 6.45) is -5.50. The Morgan fingerprint density at radius 2 is 1.74 bits per heavy atom. The van der Waals surface area contributed by atoms with Crippen LogP contribution in [0.25, 0.3) is 10.6 Å². The normalized spacial score (nSPS) is 12.3. The summed E-state index contributed by atoms with van der Waals surface area (Å²) in [4.78, 5) is 12.0. The molecule has 0 aliphatic carbocycles. The van der Waals surface area contributed by atoms with E-state index < -0.39 is 30.4 Å². The summed E-state index contributed by atoms with van der Waals surface area (Å²) in [7, 11) is 0. The molecule has 0 fully saturated rings. The van der Waals surface area contributed by atoms with Crippen LogP contribution in [0.4, 0.5) is 24.0 Å². The molecule has 1 atom stereocenters. The minimum atomic E-state index is -4.53. The van der Waals surface area contributed by atoms with Gasteiger partial charge in [0.05, 0.1) is 22.2 Å². The van der Waals surface area contributed by atoms with Crippen molar-refractivity contribution in [2.45, 2.75) is 19.2 Å². The SMILES string of the molecule is CCOC(=O)COC(c1cccc(-c2nnc(Nc3ccc(Cl)c(Cl)c3)s2)c1)c1cccc(C(F)(F)F)c1. The zero-order valence-electron chi connectivity index (χ0n) is 19.8. The highest BCUT2D eigenvalue weighted by atomic mass is 35.5. The molecule has 198 valence electrons. The molecule has 38 heavy (non-hydrogen) atoms. The molecule has 1 aromatic heterocycles. The van der Waals surface area contributed by atoms with Gasteiger partial charge < -0.3 is 14.8 Å². The zero-order valence-corrected chi connectivity index (χ0v) is 22.1. The number of nitrogens with zero attached hydrogens (tertiary/aromatic N) is 2. The minimum Gasteiger partial charge on any atom is -0.464 e. The maximum absolute atomic E-state index is 13.4. The highest BCUT2D eigenvalue weighted by Crippen LogP contribution is 2.36. The van der Waals surface area contributed by atoms with Crippen LogP contribution in [-0.4, -0.2) is 29.4 Å². The van der Waals surface area contributed by atoms with Crippen LogP contribution < -0.4 is 5.32 Å². The molecule has 12 heteroatoms. The summed E-state index contributed by atoms with van der Waals surface area (Å²) < 4.78 is 50.9. The Morgan fingerprint density at radius 1 is 1.00 bits per heavy atom. The zero-order chi connectivity index (χ0) is 27.3. The van der Waals surface area contributed by atoms with Crippen molar-refractivity contribution in [1.82, 2.24) is 10.2 Å². The lowest BCUT2D eigenvalue weighted by atomic mass is 9.98. The topological polar surface area (TPSA) is 73.3 Å². The first kappa shape index (κ1) is 27.8. The van der Waals surface area contributed by atoms with Gasteiger partial charge in [0, 0.05) is 11.3 Å². The smallest absolute Gasteiger partial charge is 0.416 e. The summed E-state index contributed by atoms with van der Waals surface area (Å²) in [5.74, 6) is -0.622. The number of carbonyl (C=O) groups excluding carboxylic acids is 1. The van der Waals surface area contributed by atoms with Gasteiger partial charge in [-0.25, -0.2) is 4.79 Å². The fourth-order valence-electron chi connectivity index (χ4n) is 3.54. The largest absolute Gasteiger partial charge is 0.464 e. The van der Waals surface area contributed by atoms with Crippen LogP contribution in [0.1, 0.15) is 29.7 Å². The van der Waals surface area contributed by atoms with E-state index in [1.165, 1.54) is 23.5 Å². The van der Waals surface area contributed by atoms with Crippen molar-refractivity contribution in [2.75, 3.05) is 18.5 Å². The number of hydrogen-bond donors (Lipinski definition) is 1. The molecule has 1 heterocycles. The Hall–Kier alpha value is -3.18. The first-order chi connectivity index (χ1) is 18.1. The highest BCUT2D eigenvalue weighted by molar-refractivity contribution is 7.18. The molecule has 3 aromatic carbocycles. The number of carbonyl (C=O) groups is 1. The minimum absolute atomic E-state index is 0.154. The van der Waals surface area contributed by atoms with Crippen molar-refractivity contribution in [3.63, 3.8) is 0 Å². The van der Waals surface area contributed by atoms with Crippen molar-refractivity contribution in [2.24, 2.45) is 0 Å². The second-order valence-corrected chi connectivity index (χ2v) is 9.70. The maximum atomic E-state index is 13.4. The monoisotopic (exact) mass is 581 g/mol. The Morgan fingerprint density at radius 3 is 2.45 bits per heavy atom. The molecule has 0 saturated heterocycles. The van der Waals surface area contributed by atoms with E-state index in [9.17, 15) is 18.0 Å². The molecule has 1 unspecified atom stereocenters. The summed E-state index contributed by atoms with van der Waals surface area (Å²) >= 11 is 13.3. The lowest BCUT2D eigenvalue weighted by molar-refractivity contribution is -0.150. The summed E-state index contributed by atoms with van der Waals surface area (Å²) in [6.45, 7) is 1.37. The molecule has 1 N–H and O–H groups in total. The Labute approximate surface area is 230 Å². The Balaban J connectivity index is 1.63. The van der Waals surface area contributed by atoms with Crippen LogP contribution in [0.3, 0.4) is 0 Å². The number of benzene rings is 3. The van der Waals surface area contributed by atoms with Gasteiger partial charge in [0.2, 0.25) is 5.13 Å². The third-order valence-corrected chi connectivity index (χ3v) is 6.85. The third-order valence-electron chi connectivity index (χ3n) is 5.22. The molecule has 0 amide bonds. The van der Waals surface area contributed by atoms with E-state index in [4.69, 9.17) is 32.7 Å². The quantitative estimate of drug-likeness (QED) is 0.202. The average molecular weight is 582 g/mol. The molecular weight excluding hydrogens is 562 g/mol. The highest BCUT2D eigenvalue weighted by Gasteiger charge is 2.31. The van der Waals surface area contributed by atoms with E-state index in [0.717, 1.165) is 12.1 Å². The second kappa shape index (κ2) is 12.1.